The fraction of sp³-hybridized carbons (Fsp3) is 0.476. The smallest absolute Gasteiger partial charge is 0.341 e. The second-order valence-electron chi connectivity index (χ2n) is 7.84. The monoisotopic (exact) mass is 463 g/mol. The van der Waals surface area contributed by atoms with E-state index in [9.17, 15) is 9.59 Å². The van der Waals surface area contributed by atoms with Gasteiger partial charge >= 0.3 is 5.97 Å². The standard InChI is InChI=1S/C21H25N3O3S3/c1-11-7-8-12-14(10-29-16(12)9-11)18(25)23-24-21(28)22-19-17(20(26)27-2)13-5-3-4-6-15(13)30-19/h10-11H,3-9H2,1-2H3,(H,23,25)(H2,22,24,28). The maximum atomic E-state index is 12.7. The van der Waals surface area contributed by atoms with Gasteiger partial charge in [-0.3, -0.25) is 15.6 Å². The Kier molecular flexibility index (Phi) is 6.40. The molecule has 2 aliphatic carbocycles. The van der Waals surface area contributed by atoms with E-state index in [1.807, 2.05) is 5.38 Å². The average molecular weight is 464 g/mol. The van der Waals surface area contributed by atoms with Crippen molar-refractivity contribution in [1.82, 2.24) is 10.9 Å². The molecule has 6 nitrogen and oxygen atoms in total. The van der Waals surface area contributed by atoms with Crippen molar-refractivity contribution in [3.8, 4) is 0 Å². The highest BCUT2D eigenvalue weighted by Gasteiger charge is 2.27. The molecule has 2 heterocycles. The van der Waals surface area contributed by atoms with Gasteiger partial charge in [0.25, 0.3) is 5.91 Å². The first-order valence-electron chi connectivity index (χ1n) is 10.2. The average Bonchev–Trinajstić information content (AvgIpc) is 3.32. The van der Waals surface area contributed by atoms with Gasteiger partial charge in [-0.2, -0.15) is 0 Å². The Morgan fingerprint density at radius 2 is 1.93 bits per heavy atom. The molecule has 2 aromatic rings. The summed E-state index contributed by atoms with van der Waals surface area (Å²) >= 11 is 8.55. The van der Waals surface area contributed by atoms with Gasteiger partial charge in [-0.1, -0.05) is 6.92 Å². The lowest BCUT2D eigenvalue weighted by Gasteiger charge is -2.19. The molecule has 9 heteroatoms. The van der Waals surface area contributed by atoms with Crippen LogP contribution in [0.15, 0.2) is 5.38 Å². The second kappa shape index (κ2) is 9.03. The Morgan fingerprint density at radius 1 is 1.13 bits per heavy atom. The van der Waals surface area contributed by atoms with Crippen molar-refractivity contribution in [2.24, 2.45) is 5.92 Å². The Bertz CT molecular complexity index is 995. The third kappa shape index (κ3) is 4.24. The highest BCUT2D eigenvalue weighted by molar-refractivity contribution is 7.80. The minimum absolute atomic E-state index is 0.190. The predicted octanol–water partition coefficient (Wildman–Crippen LogP) is 4.23. The minimum atomic E-state index is -0.358. The first kappa shape index (κ1) is 21.3. The summed E-state index contributed by atoms with van der Waals surface area (Å²) in [5, 5.41) is 5.92. The number of nitrogens with one attached hydrogen (secondary N) is 3. The van der Waals surface area contributed by atoms with Gasteiger partial charge in [0, 0.05) is 15.1 Å². The van der Waals surface area contributed by atoms with Crippen molar-refractivity contribution in [3.63, 3.8) is 0 Å². The molecule has 0 aromatic carbocycles. The summed E-state index contributed by atoms with van der Waals surface area (Å²) in [7, 11) is 1.39. The first-order valence-corrected chi connectivity index (χ1v) is 12.3. The zero-order valence-electron chi connectivity index (χ0n) is 17.1. The zero-order chi connectivity index (χ0) is 21.3. The van der Waals surface area contributed by atoms with E-state index in [1.165, 1.54) is 28.2 Å². The molecule has 2 aromatic heterocycles. The van der Waals surface area contributed by atoms with Gasteiger partial charge in [0.2, 0.25) is 0 Å². The van der Waals surface area contributed by atoms with E-state index in [-0.39, 0.29) is 17.0 Å². The number of ether oxygens (including phenoxy) is 1. The highest BCUT2D eigenvalue weighted by atomic mass is 32.1. The van der Waals surface area contributed by atoms with Crippen molar-refractivity contribution in [1.29, 1.82) is 0 Å². The third-order valence-electron chi connectivity index (χ3n) is 5.72. The van der Waals surface area contributed by atoms with Crippen LogP contribution in [0.25, 0.3) is 0 Å². The van der Waals surface area contributed by atoms with Crippen molar-refractivity contribution in [3.05, 3.63) is 37.4 Å². The highest BCUT2D eigenvalue weighted by Crippen LogP contribution is 2.38. The number of rotatable bonds is 3. The van der Waals surface area contributed by atoms with E-state index in [1.54, 1.807) is 11.3 Å². The number of thiocarbonyl (C=S) groups is 1. The zero-order valence-corrected chi connectivity index (χ0v) is 19.5. The van der Waals surface area contributed by atoms with E-state index in [0.29, 0.717) is 16.5 Å². The Labute approximate surface area is 189 Å². The Hall–Kier alpha value is -1.97. The molecule has 1 atom stereocenters. The maximum Gasteiger partial charge on any atom is 0.341 e. The summed E-state index contributed by atoms with van der Waals surface area (Å²) in [6.07, 6.45) is 7.11. The van der Waals surface area contributed by atoms with Gasteiger partial charge in [0.1, 0.15) is 5.00 Å². The lowest BCUT2D eigenvalue weighted by Crippen LogP contribution is -2.44. The van der Waals surface area contributed by atoms with Crippen LogP contribution in [0.3, 0.4) is 0 Å². The maximum absolute atomic E-state index is 12.7. The predicted molar refractivity (Wildman–Crippen MR) is 125 cm³/mol. The lowest BCUT2D eigenvalue weighted by atomic mass is 9.88. The van der Waals surface area contributed by atoms with Crippen LogP contribution in [-0.2, 0) is 30.4 Å². The number of amides is 1. The summed E-state index contributed by atoms with van der Waals surface area (Å²) in [4.78, 5) is 27.5. The van der Waals surface area contributed by atoms with Crippen molar-refractivity contribution in [2.45, 2.75) is 51.9 Å². The van der Waals surface area contributed by atoms with Crippen LogP contribution in [0.2, 0.25) is 0 Å². The van der Waals surface area contributed by atoms with Gasteiger partial charge < -0.3 is 10.1 Å². The summed E-state index contributed by atoms with van der Waals surface area (Å²) in [6.45, 7) is 2.25. The quantitative estimate of drug-likeness (QED) is 0.359. The van der Waals surface area contributed by atoms with Crippen LogP contribution in [0.1, 0.15) is 67.8 Å². The molecule has 0 saturated heterocycles. The molecule has 0 saturated carbocycles. The molecule has 1 unspecified atom stereocenters. The van der Waals surface area contributed by atoms with Crippen LogP contribution in [0.4, 0.5) is 5.00 Å². The largest absolute Gasteiger partial charge is 0.465 e. The molecule has 1 amide bonds. The molecule has 160 valence electrons. The number of aryl methyl sites for hydroxylation is 1. The van der Waals surface area contributed by atoms with Gasteiger partial charge in [-0.25, -0.2) is 4.79 Å². The molecular weight excluding hydrogens is 438 g/mol. The van der Waals surface area contributed by atoms with Gasteiger partial charge in [0.05, 0.1) is 18.2 Å². The van der Waals surface area contributed by atoms with Crippen LogP contribution in [0, 0.1) is 5.92 Å². The lowest BCUT2D eigenvalue weighted by molar-refractivity contribution is 0.0600. The number of methoxy groups -OCH3 is 1. The van der Waals surface area contributed by atoms with E-state index in [2.05, 4.69) is 23.1 Å². The molecule has 0 fully saturated rings. The minimum Gasteiger partial charge on any atom is -0.465 e. The molecule has 3 N–H and O–H groups in total. The number of hydrogen-bond donors (Lipinski definition) is 3. The number of esters is 1. The number of hydrogen-bond acceptors (Lipinski definition) is 6. The molecule has 4 rings (SSSR count). The van der Waals surface area contributed by atoms with Gasteiger partial charge in [-0.15, -0.1) is 22.7 Å². The fourth-order valence-electron chi connectivity index (χ4n) is 4.15. The topological polar surface area (TPSA) is 79.5 Å². The molecule has 2 aliphatic rings. The third-order valence-corrected chi connectivity index (χ3v) is 8.19. The molecule has 0 radical (unpaired) electrons. The number of carbonyl (C=O) groups is 2. The van der Waals surface area contributed by atoms with Gasteiger partial charge in [0.15, 0.2) is 5.11 Å². The summed E-state index contributed by atoms with van der Waals surface area (Å²) in [5.74, 6) is 0.121. The van der Waals surface area contributed by atoms with Crippen molar-refractivity contribution >= 4 is 56.9 Å². The number of hydrazine groups is 1. The summed E-state index contributed by atoms with van der Waals surface area (Å²) in [5.41, 5.74) is 8.98. The van der Waals surface area contributed by atoms with Crippen LogP contribution in [-0.4, -0.2) is 24.1 Å². The number of anilines is 1. The molecular formula is C21H25N3O3S3. The molecule has 0 spiro atoms. The van der Waals surface area contributed by atoms with Gasteiger partial charge in [-0.05, 0) is 74.2 Å². The van der Waals surface area contributed by atoms with E-state index in [4.69, 9.17) is 17.0 Å². The van der Waals surface area contributed by atoms with E-state index >= 15 is 0 Å². The summed E-state index contributed by atoms with van der Waals surface area (Å²) in [6, 6.07) is 0. The Balaban J connectivity index is 1.42. The molecule has 0 bridgehead atoms. The number of thiophene rings is 2. The second-order valence-corrected chi connectivity index (χ2v) is 10.3. The first-order chi connectivity index (χ1) is 14.5. The van der Waals surface area contributed by atoms with Crippen LogP contribution >= 0.6 is 34.9 Å². The van der Waals surface area contributed by atoms with E-state index in [0.717, 1.165) is 61.6 Å². The van der Waals surface area contributed by atoms with E-state index < -0.39 is 0 Å². The number of fused-ring (bicyclic) bond motifs is 2. The fourth-order valence-corrected chi connectivity index (χ4v) is 6.90. The van der Waals surface area contributed by atoms with Crippen LogP contribution < -0.4 is 16.2 Å². The number of carbonyl (C=O) groups excluding carboxylic acids is 2. The summed E-state index contributed by atoms with van der Waals surface area (Å²) < 4.78 is 4.99. The van der Waals surface area contributed by atoms with Crippen LogP contribution in [0.5, 0.6) is 0 Å². The SMILES string of the molecule is COC(=O)c1c(NC(=S)NNC(=O)c2csc3c2CCC(C)C3)sc2c1CCCC2. The molecule has 30 heavy (non-hydrogen) atoms. The van der Waals surface area contributed by atoms with Crippen molar-refractivity contribution in [2.75, 3.05) is 12.4 Å². The van der Waals surface area contributed by atoms with Crippen molar-refractivity contribution < 1.29 is 14.3 Å². The Morgan fingerprint density at radius 3 is 2.73 bits per heavy atom. The molecule has 0 aliphatic heterocycles. The normalized spacial score (nSPS) is 17.5.